The number of esters is 1. The molecule has 0 radical (unpaired) electrons. The minimum Gasteiger partial charge on any atom is -0.497 e. The molecule has 0 saturated carbocycles. The van der Waals surface area contributed by atoms with E-state index in [-0.39, 0.29) is 23.8 Å². The van der Waals surface area contributed by atoms with E-state index in [2.05, 4.69) is 10.1 Å². The number of methoxy groups -OCH3 is 2. The number of amides is 1. The van der Waals surface area contributed by atoms with Gasteiger partial charge in [-0.3, -0.25) is 4.79 Å². The normalized spacial score (nSPS) is 11.2. The van der Waals surface area contributed by atoms with E-state index in [1.54, 1.807) is 30.3 Å². The molecule has 9 heteroatoms. The van der Waals surface area contributed by atoms with Crippen molar-refractivity contribution in [2.75, 3.05) is 33.1 Å². The van der Waals surface area contributed by atoms with Crippen molar-refractivity contribution < 1.29 is 27.5 Å². The van der Waals surface area contributed by atoms with E-state index in [0.717, 1.165) is 0 Å². The molecular weight excluding hydrogens is 396 g/mol. The Morgan fingerprint density at radius 2 is 1.76 bits per heavy atom. The van der Waals surface area contributed by atoms with E-state index >= 15 is 0 Å². The molecule has 0 spiro atoms. The van der Waals surface area contributed by atoms with Crippen LogP contribution < -0.4 is 10.1 Å². The second kappa shape index (κ2) is 10.0. The number of carbonyl (C=O) groups is 2. The van der Waals surface area contributed by atoms with Crippen LogP contribution in [0.15, 0.2) is 53.4 Å². The lowest BCUT2D eigenvalue weighted by atomic mass is 10.2. The Labute approximate surface area is 170 Å². The SMILES string of the molecule is COC(=O)c1cccc(NC(=O)CCCN(C)S(=O)(=O)c2ccc(OC)cc2)c1. The predicted octanol–water partition coefficient (Wildman–Crippen LogP) is 2.52. The molecule has 0 aliphatic carbocycles. The highest BCUT2D eigenvalue weighted by atomic mass is 32.2. The smallest absolute Gasteiger partial charge is 0.337 e. The first-order valence-corrected chi connectivity index (χ1v) is 10.3. The summed E-state index contributed by atoms with van der Waals surface area (Å²) in [5.41, 5.74) is 0.799. The highest BCUT2D eigenvalue weighted by Crippen LogP contribution is 2.19. The molecule has 0 aromatic heterocycles. The molecule has 2 rings (SSSR count). The van der Waals surface area contributed by atoms with Crippen molar-refractivity contribution in [1.29, 1.82) is 0 Å². The summed E-state index contributed by atoms with van der Waals surface area (Å²) in [5.74, 6) is -0.201. The molecule has 0 fully saturated rings. The Balaban J connectivity index is 1.88. The van der Waals surface area contributed by atoms with Crippen LogP contribution in [0.4, 0.5) is 5.69 Å². The fraction of sp³-hybridized carbons (Fsp3) is 0.300. The molecule has 0 bridgehead atoms. The van der Waals surface area contributed by atoms with Crippen LogP contribution in [0.2, 0.25) is 0 Å². The van der Waals surface area contributed by atoms with Crippen LogP contribution in [0.1, 0.15) is 23.2 Å². The van der Waals surface area contributed by atoms with Gasteiger partial charge in [-0.2, -0.15) is 0 Å². The van der Waals surface area contributed by atoms with Gasteiger partial charge in [-0.05, 0) is 48.9 Å². The highest BCUT2D eigenvalue weighted by Gasteiger charge is 2.20. The zero-order chi connectivity index (χ0) is 21.4. The zero-order valence-electron chi connectivity index (χ0n) is 16.5. The second-order valence-corrected chi connectivity index (χ2v) is 8.27. The first-order chi connectivity index (χ1) is 13.8. The molecule has 0 aliphatic rings. The van der Waals surface area contributed by atoms with Crippen LogP contribution in [0.25, 0.3) is 0 Å². The van der Waals surface area contributed by atoms with Crippen molar-refractivity contribution in [2.24, 2.45) is 0 Å². The third-order valence-electron chi connectivity index (χ3n) is 4.21. The van der Waals surface area contributed by atoms with E-state index in [4.69, 9.17) is 4.74 Å². The van der Waals surface area contributed by atoms with Gasteiger partial charge in [0.15, 0.2) is 0 Å². The Kier molecular flexibility index (Phi) is 7.74. The molecule has 29 heavy (non-hydrogen) atoms. The second-order valence-electron chi connectivity index (χ2n) is 6.23. The molecule has 0 aliphatic heterocycles. The van der Waals surface area contributed by atoms with E-state index in [1.807, 2.05) is 0 Å². The topological polar surface area (TPSA) is 102 Å². The van der Waals surface area contributed by atoms with Gasteiger partial charge in [0.05, 0.1) is 24.7 Å². The standard InChI is InChI=1S/C20H24N2O6S/c1-22(29(25,26)18-11-9-17(27-2)10-12-18)13-5-8-19(23)21-16-7-4-6-15(14-16)20(24)28-3/h4,6-7,9-12,14H,5,8,13H2,1-3H3,(H,21,23). The quantitative estimate of drug-likeness (QED) is 0.626. The summed E-state index contributed by atoms with van der Waals surface area (Å²) in [5, 5.41) is 2.69. The van der Waals surface area contributed by atoms with Crippen LogP contribution >= 0.6 is 0 Å². The van der Waals surface area contributed by atoms with Gasteiger partial charge in [0.1, 0.15) is 5.75 Å². The Morgan fingerprint density at radius 1 is 1.07 bits per heavy atom. The molecule has 2 aromatic rings. The molecule has 8 nitrogen and oxygen atoms in total. The van der Waals surface area contributed by atoms with E-state index in [9.17, 15) is 18.0 Å². The summed E-state index contributed by atoms with van der Waals surface area (Å²) in [6, 6.07) is 12.5. The van der Waals surface area contributed by atoms with Gasteiger partial charge in [0.2, 0.25) is 15.9 Å². The van der Waals surface area contributed by atoms with Gasteiger partial charge >= 0.3 is 5.97 Å². The number of carbonyl (C=O) groups excluding carboxylic acids is 2. The van der Waals surface area contributed by atoms with Gasteiger partial charge in [0.25, 0.3) is 0 Å². The Hall–Kier alpha value is -2.91. The van der Waals surface area contributed by atoms with Crippen molar-refractivity contribution in [1.82, 2.24) is 4.31 Å². The fourth-order valence-corrected chi connectivity index (χ4v) is 3.78. The number of ether oxygens (including phenoxy) is 2. The Morgan fingerprint density at radius 3 is 2.38 bits per heavy atom. The van der Waals surface area contributed by atoms with Crippen LogP contribution in [0.5, 0.6) is 5.75 Å². The summed E-state index contributed by atoms with van der Waals surface area (Å²) in [6.07, 6.45) is 0.472. The summed E-state index contributed by atoms with van der Waals surface area (Å²) >= 11 is 0. The van der Waals surface area contributed by atoms with Crippen molar-refractivity contribution in [2.45, 2.75) is 17.7 Å². The minimum absolute atomic E-state index is 0.130. The van der Waals surface area contributed by atoms with Crippen molar-refractivity contribution in [3.05, 3.63) is 54.1 Å². The van der Waals surface area contributed by atoms with Crippen molar-refractivity contribution >= 4 is 27.6 Å². The first kappa shape index (κ1) is 22.4. The highest BCUT2D eigenvalue weighted by molar-refractivity contribution is 7.89. The molecule has 1 amide bonds. The molecule has 2 aromatic carbocycles. The lowest BCUT2D eigenvalue weighted by molar-refractivity contribution is -0.116. The number of sulfonamides is 1. The molecule has 0 atom stereocenters. The maximum absolute atomic E-state index is 12.6. The number of benzene rings is 2. The van der Waals surface area contributed by atoms with E-state index in [0.29, 0.717) is 23.4 Å². The lowest BCUT2D eigenvalue weighted by Gasteiger charge is -2.17. The van der Waals surface area contributed by atoms with Crippen LogP contribution in [0, 0.1) is 0 Å². The lowest BCUT2D eigenvalue weighted by Crippen LogP contribution is -2.28. The minimum atomic E-state index is -3.64. The summed E-state index contributed by atoms with van der Waals surface area (Å²) < 4.78 is 36.0. The van der Waals surface area contributed by atoms with E-state index in [1.165, 1.54) is 43.8 Å². The Bertz CT molecular complexity index is 957. The third-order valence-corrected chi connectivity index (χ3v) is 6.08. The largest absolute Gasteiger partial charge is 0.497 e. The molecule has 0 unspecified atom stereocenters. The van der Waals surface area contributed by atoms with E-state index < -0.39 is 16.0 Å². The molecule has 1 N–H and O–H groups in total. The predicted molar refractivity (Wildman–Crippen MR) is 108 cm³/mol. The van der Waals surface area contributed by atoms with Gasteiger partial charge < -0.3 is 14.8 Å². The fourth-order valence-electron chi connectivity index (χ4n) is 2.58. The number of hydrogen-bond donors (Lipinski definition) is 1. The number of hydrogen-bond acceptors (Lipinski definition) is 6. The number of nitrogens with zero attached hydrogens (tertiary/aromatic N) is 1. The maximum atomic E-state index is 12.6. The average Bonchev–Trinajstić information content (AvgIpc) is 2.73. The van der Waals surface area contributed by atoms with Crippen LogP contribution in [0.3, 0.4) is 0 Å². The summed E-state index contributed by atoms with van der Waals surface area (Å²) in [7, 11) is 0.614. The molecule has 0 heterocycles. The summed E-state index contributed by atoms with van der Waals surface area (Å²) in [6.45, 7) is 0.185. The number of rotatable bonds is 9. The van der Waals surface area contributed by atoms with Gasteiger partial charge in [-0.1, -0.05) is 6.07 Å². The van der Waals surface area contributed by atoms with Crippen LogP contribution in [-0.2, 0) is 19.6 Å². The number of anilines is 1. The van der Waals surface area contributed by atoms with Gasteiger partial charge in [-0.15, -0.1) is 0 Å². The molecular formula is C20H24N2O6S. The summed E-state index contributed by atoms with van der Waals surface area (Å²) in [4.78, 5) is 23.8. The zero-order valence-corrected chi connectivity index (χ0v) is 17.4. The van der Waals surface area contributed by atoms with Crippen molar-refractivity contribution in [3.63, 3.8) is 0 Å². The monoisotopic (exact) mass is 420 g/mol. The van der Waals surface area contributed by atoms with Crippen LogP contribution in [-0.4, -0.2) is 52.4 Å². The number of nitrogens with one attached hydrogen (secondary N) is 1. The van der Waals surface area contributed by atoms with Gasteiger partial charge in [-0.25, -0.2) is 17.5 Å². The van der Waals surface area contributed by atoms with Crippen molar-refractivity contribution in [3.8, 4) is 5.75 Å². The molecule has 0 saturated heterocycles. The van der Waals surface area contributed by atoms with Gasteiger partial charge in [0, 0.05) is 25.7 Å². The first-order valence-electron chi connectivity index (χ1n) is 8.86. The average molecular weight is 420 g/mol. The maximum Gasteiger partial charge on any atom is 0.337 e. The third kappa shape index (κ3) is 6.03. The molecule has 156 valence electrons.